The molecule has 0 saturated heterocycles. The number of rotatable bonds is 2. The normalized spacial score (nSPS) is 10.4. The van der Waals surface area contributed by atoms with E-state index in [2.05, 4.69) is 16.1 Å². The zero-order chi connectivity index (χ0) is 8.10. The van der Waals surface area contributed by atoms with E-state index in [1.807, 2.05) is 0 Å². The molecule has 1 rings (SSSR count). The highest BCUT2D eigenvalue weighted by Gasteiger charge is 1.95. The van der Waals surface area contributed by atoms with Crippen molar-refractivity contribution in [1.29, 1.82) is 0 Å². The maximum atomic E-state index is 12.7. The van der Waals surface area contributed by atoms with Gasteiger partial charge in [0, 0.05) is 5.56 Å². The summed E-state index contributed by atoms with van der Waals surface area (Å²) in [5, 5.41) is 3.41. The molecule has 3 heteroatoms. The molecule has 1 radical (unpaired) electrons. The van der Waals surface area contributed by atoms with Gasteiger partial charge in [0.05, 0.1) is 6.21 Å². The lowest BCUT2D eigenvalue weighted by molar-refractivity contribution is 0.215. The van der Waals surface area contributed by atoms with Gasteiger partial charge in [-0.1, -0.05) is 17.3 Å². The summed E-state index contributed by atoms with van der Waals surface area (Å²) in [4.78, 5) is 4.38. The van der Waals surface area contributed by atoms with Gasteiger partial charge in [-0.05, 0) is 12.1 Å². The highest BCUT2D eigenvalue weighted by Crippen LogP contribution is 2.01. The Hall–Kier alpha value is -1.38. The Morgan fingerprint density at radius 2 is 2.55 bits per heavy atom. The topological polar surface area (TPSA) is 21.6 Å². The molecular weight excluding hydrogens is 145 g/mol. The number of oxime groups is 1. The quantitative estimate of drug-likeness (QED) is 0.466. The smallest absolute Gasteiger partial charge is 0.132 e. The van der Waals surface area contributed by atoms with Gasteiger partial charge >= 0.3 is 0 Å². The first kappa shape index (κ1) is 7.72. The summed E-state index contributed by atoms with van der Waals surface area (Å²) in [5.74, 6) is -0.353. The number of halogens is 1. The van der Waals surface area contributed by atoms with Gasteiger partial charge in [-0.3, -0.25) is 0 Å². The molecule has 0 unspecified atom stereocenters. The molecular formula is C8H7FNO. The lowest BCUT2D eigenvalue weighted by Crippen LogP contribution is -1.87. The molecule has 0 aliphatic carbocycles. The van der Waals surface area contributed by atoms with Gasteiger partial charge in [0.1, 0.15) is 12.9 Å². The summed E-state index contributed by atoms with van der Waals surface area (Å²) in [6.45, 7) is 0. The summed E-state index contributed by atoms with van der Waals surface area (Å²) in [5.41, 5.74) is 0.300. The van der Waals surface area contributed by atoms with Crippen LogP contribution in [-0.4, -0.2) is 13.3 Å². The fourth-order valence-corrected chi connectivity index (χ4v) is 0.634. The molecule has 0 amide bonds. The van der Waals surface area contributed by atoms with E-state index in [4.69, 9.17) is 0 Å². The van der Waals surface area contributed by atoms with E-state index >= 15 is 0 Å². The molecule has 0 saturated carbocycles. The van der Waals surface area contributed by atoms with Gasteiger partial charge < -0.3 is 4.84 Å². The molecule has 1 aromatic rings. The standard InChI is InChI=1S/C8H7FNO/c1-11-10-6-7-4-2-3-5-8(7)9/h2-3,5-6H,1H3/b10-6+. The van der Waals surface area contributed by atoms with Crippen molar-refractivity contribution in [3.63, 3.8) is 0 Å². The van der Waals surface area contributed by atoms with E-state index in [0.29, 0.717) is 5.56 Å². The van der Waals surface area contributed by atoms with Crippen molar-refractivity contribution in [2.45, 2.75) is 0 Å². The van der Waals surface area contributed by atoms with Gasteiger partial charge in [-0.25, -0.2) is 4.39 Å². The second-order valence-electron chi connectivity index (χ2n) is 1.85. The molecule has 0 heterocycles. The molecule has 0 aliphatic heterocycles. The van der Waals surface area contributed by atoms with Crippen LogP contribution in [0.2, 0.25) is 0 Å². The fourth-order valence-electron chi connectivity index (χ4n) is 0.634. The zero-order valence-electron chi connectivity index (χ0n) is 6.04. The van der Waals surface area contributed by atoms with Gasteiger partial charge in [0.2, 0.25) is 0 Å². The van der Waals surface area contributed by atoms with Crippen LogP contribution >= 0.6 is 0 Å². The maximum Gasteiger partial charge on any atom is 0.132 e. The van der Waals surface area contributed by atoms with E-state index in [9.17, 15) is 4.39 Å². The average Bonchev–Trinajstić information content (AvgIpc) is 2.03. The Labute approximate surface area is 64.3 Å². The third-order valence-corrected chi connectivity index (χ3v) is 1.12. The predicted octanol–water partition coefficient (Wildman–Crippen LogP) is 1.61. The molecule has 1 aromatic carbocycles. The average molecular weight is 152 g/mol. The lowest BCUT2D eigenvalue weighted by atomic mass is 10.2. The van der Waals surface area contributed by atoms with Crippen molar-refractivity contribution in [2.75, 3.05) is 7.11 Å². The van der Waals surface area contributed by atoms with E-state index < -0.39 is 0 Å². The minimum absolute atomic E-state index is 0.300. The zero-order valence-corrected chi connectivity index (χ0v) is 6.04. The second-order valence-corrected chi connectivity index (χ2v) is 1.85. The highest BCUT2D eigenvalue weighted by atomic mass is 19.1. The summed E-state index contributed by atoms with van der Waals surface area (Å²) in [7, 11) is 1.40. The first-order valence-electron chi connectivity index (χ1n) is 3.07. The second kappa shape index (κ2) is 3.71. The van der Waals surface area contributed by atoms with Crippen LogP contribution in [0.25, 0.3) is 0 Å². The van der Waals surface area contributed by atoms with E-state index in [0.717, 1.165) is 0 Å². The Balaban J connectivity index is 2.86. The van der Waals surface area contributed by atoms with Crippen molar-refractivity contribution >= 4 is 6.21 Å². The van der Waals surface area contributed by atoms with E-state index in [1.165, 1.54) is 19.4 Å². The fraction of sp³-hybridized carbons (Fsp3) is 0.125. The number of nitrogens with zero attached hydrogens (tertiary/aromatic N) is 1. The SMILES string of the molecule is CO/N=C/c1[c]cccc1F. The van der Waals surface area contributed by atoms with Crippen LogP contribution in [0, 0.1) is 11.9 Å². The summed E-state index contributed by atoms with van der Waals surface area (Å²) >= 11 is 0. The van der Waals surface area contributed by atoms with Crippen LogP contribution in [0.3, 0.4) is 0 Å². The van der Waals surface area contributed by atoms with Gasteiger partial charge in [0.25, 0.3) is 0 Å². The minimum atomic E-state index is -0.353. The predicted molar refractivity (Wildman–Crippen MR) is 39.8 cm³/mol. The largest absolute Gasteiger partial charge is 0.399 e. The summed E-state index contributed by atoms with van der Waals surface area (Å²) in [6, 6.07) is 7.19. The van der Waals surface area contributed by atoms with Crippen molar-refractivity contribution < 1.29 is 9.23 Å². The van der Waals surface area contributed by atoms with Crippen molar-refractivity contribution in [3.05, 3.63) is 35.6 Å². The molecule has 11 heavy (non-hydrogen) atoms. The third kappa shape index (κ3) is 2.04. The van der Waals surface area contributed by atoms with Gasteiger partial charge in [-0.15, -0.1) is 0 Å². The summed E-state index contributed by atoms with van der Waals surface area (Å²) < 4.78 is 12.7. The molecule has 0 bridgehead atoms. The first-order valence-corrected chi connectivity index (χ1v) is 3.07. The van der Waals surface area contributed by atoms with Crippen molar-refractivity contribution in [1.82, 2.24) is 0 Å². The third-order valence-electron chi connectivity index (χ3n) is 1.12. The molecule has 0 fully saturated rings. The number of hydrogen-bond acceptors (Lipinski definition) is 2. The molecule has 0 spiro atoms. The highest BCUT2D eigenvalue weighted by molar-refractivity contribution is 5.78. The first-order chi connectivity index (χ1) is 5.34. The number of benzene rings is 1. The van der Waals surface area contributed by atoms with Crippen LogP contribution in [0.15, 0.2) is 23.4 Å². The molecule has 0 aromatic heterocycles. The van der Waals surface area contributed by atoms with Crippen LogP contribution in [0.1, 0.15) is 5.56 Å². The van der Waals surface area contributed by atoms with E-state index in [-0.39, 0.29) is 5.82 Å². The van der Waals surface area contributed by atoms with Gasteiger partial charge in [0.15, 0.2) is 0 Å². The Kier molecular flexibility index (Phi) is 2.60. The molecule has 0 atom stereocenters. The lowest BCUT2D eigenvalue weighted by Gasteiger charge is -1.91. The van der Waals surface area contributed by atoms with Crippen molar-refractivity contribution in [3.8, 4) is 0 Å². The Bertz CT molecular complexity index is 260. The van der Waals surface area contributed by atoms with Crippen LogP contribution in [0.5, 0.6) is 0 Å². The number of hydrogen-bond donors (Lipinski definition) is 0. The van der Waals surface area contributed by atoms with E-state index in [1.54, 1.807) is 12.1 Å². The minimum Gasteiger partial charge on any atom is -0.399 e. The molecule has 57 valence electrons. The van der Waals surface area contributed by atoms with Crippen LogP contribution in [-0.2, 0) is 4.84 Å². The Morgan fingerprint density at radius 3 is 3.18 bits per heavy atom. The monoisotopic (exact) mass is 152 g/mol. The maximum absolute atomic E-state index is 12.7. The molecule has 0 N–H and O–H groups in total. The molecule has 2 nitrogen and oxygen atoms in total. The van der Waals surface area contributed by atoms with Crippen LogP contribution in [0.4, 0.5) is 4.39 Å². The molecule has 0 aliphatic rings. The van der Waals surface area contributed by atoms with Crippen LogP contribution < -0.4 is 0 Å². The van der Waals surface area contributed by atoms with Gasteiger partial charge in [-0.2, -0.15) is 0 Å². The van der Waals surface area contributed by atoms with Crippen molar-refractivity contribution in [2.24, 2.45) is 5.16 Å². The Morgan fingerprint density at radius 1 is 1.73 bits per heavy atom. The summed E-state index contributed by atoms with van der Waals surface area (Å²) in [6.07, 6.45) is 1.27.